The van der Waals surface area contributed by atoms with Crippen LogP contribution in [0.1, 0.15) is 27.4 Å². The summed E-state index contributed by atoms with van der Waals surface area (Å²) in [5.74, 6) is 1.53. The molecule has 22 heavy (non-hydrogen) atoms. The highest BCUT2D eigenvalue weighted by molar-refractivity contribution is 5.74. The molecule has 0 amide bonds. The Morgan fingerprint density at radius 3 is 2.41 bits per heavy atom. The van der Waals surface area contributed by atoms with Crippen molar-refractivity contribution < 1.29 is 9.21 Å². The Kier molecular flexibility index (Phi) is 4.15. The van der Waals surface area contributed by atoms with Crippen molar-refractivity contribution in [2.45, 2.75) is 19.8 Å². The molecule has 0 N–H and O–H groups in total. The van der Waals surface area contributed by atoms with Crippen molar-refractivity contribution in [1.82, 2.24) is 4.98 Å². The van der Waals surface area contributed by atoms with E-state index in [-0.39, 0.29) is 0 Å². The number of carbonyl (C=O) groups excluding carboxylic acids is 1. The summed E-state index contributed by atoms with van der Waals surface area (Å²) in [4.78, 5) is 15.3. The molecule has 3 heteroatoms. The van der Waals surface area contributed by atoms with Crippen LogP contribution >= 0.6 is 0 Å². The van der Waals surface area contributed by atoms with E-state index in [1.807, 2.05) is 61.5 Å². The van der Waals surface area contributed by atoms with E-state index in [9.17, 15) is 4.79 Å². The topological polar surface area (TPSA) is 43.1 Å². The van der Waals surface area contributed by atoms with Crippen LogP contribution in [0.2, 0.25) is 0 Å². The van der Waals surface area contributed by atoms with Gasteiger partial charge in [-0.25, -0.2) is 4.98 Å². The molecule has 0 saturated heterocycles. The van der Waals surface area contributed by atoms with Crippen LogP contribution in [0.4, 0.5) is 0 Å². The van der Waals surface area contributed by atoms with Crippen LogP contribution in [-0.2, 0) is 12.8 Å². The summed E-state index contributed by atoms with van der Waals surface area (Å²) < 4.78 is 5.77. The lowest BCUT2D eigenvalue weighted by molar-refractivity contribution is 0.112. The van der Waals surface area contributed by atoms with Crippen molar-refractivity contribution in [1.29, 1.82) is 0 Å². The number of hydrogen-bond acceptors (Lipinski definition) is 3. The second kappa shape index (κ2) is 6.39. The summed E-state index contributed by atoms with van der Waals surface area (Å²) in [5, 5.41) is 0. The van der Waals surface area contributed by atoms with Gasteiger partial charge in [0, 0.05) is 11.1 Å². The zero-order chi connectivity index (χ0) is 15.4. The molecule has 3 nitrogen and oxygen atoms in total. The quantitative estimate of drug-likeness (QED) is 0.660. The van der Waals surface area contributed by atoms with E-state index < -0.39 is 0 Å². The highest BCUT2D eigenvalue weighted by Gasteiger charge is 2.11. The van der Waals surface area contributed by atoms with Gasteiger partial charge < -0.3 is 4.42 Å². The Bertz CT molecular complexity index is 758. The van der Waals surface area contributed by atoms with Gasteiger partial charge in [-0.05, 0) is 37.5 Å². The summed E-state index contributed by atoms with van der Waals surface area (Å²) in [6.45, 7) is 1.95. The molecule has 0 aliphatic heterocycles. The molecule has 0 spiro atoms. The van der Waals surface area contributed by atoms with Gasteiger partial charge in [-0.15, -0.1) is 0 Å². The average Bonchev–Trinajstić information content (AvgIpc) is 2.95. The number of aldehydes is 1. The molecule has 1 heterocycles. The van der Waals surface area contributed by atoms with Crippen LogP contribution in [0.5, 0.6) is 0 Å². The summed E-state index contributed by atoms with van der Waals surface area (Å²) in [5.41, 5.74) is 3.87. The first-order chi connectivity index (χ1) is 10.8. The molecule has 0 atom stereocenters. The van der Waals surface area contributed by atoms with E-state index in [1.165, 1.54) is 5.56 Å². The van der Waals surface area contributed by atoms with E-state index in [0.29, 0.717) is 11.5 Å². The highest BCUT2D eigenvalue weighted by atomic mass is 16.4. The molecule has 0 radical (unpaired) electrons. The molecule has 3 rings (SSSR count). The van der Waals surface area contributed by atoms with Gasteiger partial charge in [0.15, 0.2) is 0 Å². The van der Waals surface area contributed by atoms with E-state index in [0.717, 1.165) is 36.1 Å². The predicted octanol–water partition coefficient (Wildman–Crippen LogP) is 4.25. The monoisotopic (exact) mass is 291 g/mol. The molecule has 0 aliphatic rings. The van der Waals surface area contributed by atoms with E-state index in [1.54, 1.807) is 0 Å². The first kappa shape index (κ1) is 14.3. The van der Waals surface area contributed by atoms with Crippen LogP contribution in [0, 0.1) is 6.92 Å². The number of rotatable bonds is 5. The van der Waals surface area contributed by atoms with Gasteiger partial charge in [0.2, 0.25) is 5.89 Å². The molecular weight excluding hydrogens is 274 g/mol. The molecule has 0 unspecified atom stereocenters. The minimum atomic E-state index is 0.671. The molecule has 3 aromatic rings. The molecule has 110 valence electrons. The van der Waals surface area contributed by atoms with E-state index in [2.05, 4.69) is 4.98 Å². The second-order valence-corrected chi connectivity index (χ2v) is 5.25. The van der Waals surface area contributed by atoms with Crippen LogP contribution < -0.4 is 0 Å². The number of oxazole rings is 1. The van der Waals surface area contributed by atoms with Gasteiger partial charge in [-0.1, -0.05) is 42.5 Å². The third-order valence-corrected chi connectivity index (χ3v) is 3.68. The molecule has 1 aromatic heterocycles. The van der Waals surface area contributed by atoms with Crippen LogP contribution in [-0.4, -0.2) is 11.3 Å². The lowest BCUT2D eigenvalue weighted by Crippen LogP contribution is -1.94. The van der Waals surface area contributed by atoms with Crippen molar-refractivity contribution in [3.8, 4) is 11.5 Å². The fourth-order valence-corrected chi connectivity index (χ4v) is 2.39. The van der Waals surface area contributed by atoms with Gasteiger partial charge in [0.1, 0.15) is 12.0 Å². The Morgan fingerprint density at radius 2 is 1.73 bits per heavy atom. The SMILES string of the molecule is Cc1oc(-c2ccccc2)nc1CCc1ccc(C=O)cc1. The van der Waals surface area contributed by atoms with Crippen LogP contribution in [0.15, 0.2) is 59.0 Å². The Hall–Kier alpha value is -2.68. The first-order valence-corrected chi connectivity index (χ1v) is 7.32. The molecular formula is C19H17NO2. The Labute approximate surface area is 129 Å². The summed E-state index contributed by atoms with van der Waals surface area (Å²) in [7, 11) is 0. The highest BCUT2D eigenvalue weighted by Crippen LogP contribution is 2.22. The van der Waals surface area contributed by atoms with Gasteiger partial charge in [-0.2, -0.15) is 0 Å². The van der Waals surface area contributed by atoms with Crippen LogP contribution in [0.3, 0.4) is 0 Å². The second-order valence-electron chi connectivity index (χ2n) is 5.25. The molecule has 2 aromatic carbocycles. The zero-order valence-corrected chi connectivity index (χ0v) is 12.5. The summed E-state index contributed by atoms with van der Waals surface area (Å²) >= 11 is 0. The lowest BCUT2D eigenvalue weighted by Gasteiger charge is -2.00. The Morgan fingerprint density at radius 1 is 1.00 bits per heavy atom. The van der Waals surface area contributed by atoms with Crippen molar-refractivity contribution >= 4 is 6.29 Å². The van der Waals surface area contributed by atoms with Crippen molar-refractivity contribution in [2.24, 2.45) is 0 Å². The normalized spacial score (nSPS) is 10.6. The maximum absolute atomic E-state index is 10.7. The summed E-state index contributed by atoms with van der Waals surface area (Å²) in [6.07, 6.45) is 2.56. The maximum Gasteiger partial charge on any atom is 0.226 e. The van der Waals surface area contributed by atoms with Gasteiger partial charge >= 0.3 is 0 Å². The van der Waals surface area contributed by atoms with Crippen molar-refractivity contribution in [3.05, 3.63) is 77.2 Å². The Balaban J connectivity index is 1.72. The lowest BCUT2D eigenvalue weighted by atomic mass is 10.1. The third kappa shape index (κ3) is 3.14. The minimum absolute atomic E-state index is 0.671. The smallest absolute Gasteiger partial charge is 0.226 e. The number of aryl methyl sites for hydroxylation is 3. The fourth-order valence-electron chi connectivity index (χ4n) is 2.39. The molecule has 0 bridgehead atoms. The summed E-state index contributed by atoms with van der Waals surface area (Å²) in [6, 6.07) is 17.6. The first-order valence-electron chi connectivity index (χ1n) is 7.32. The number of benzene rings is 2. The predicted molar refractivity (Wildman–Crippen MR) is 85.9 cm³/mol. The molecule has 0 aliphatic carbocycles. The zero-order valence-electron chi connectivity index (χ0n) is 12.5. The largest absolute Gasteiger partial charge is 0.441 e. The van der Waals surface area contributed by atoms with E-state index >= 15 is 0 Å². The molecule has 0 saturated carbocycles. The third-order valence-electron chi connectivity index (χ3n) is 3.68. The molecule has 0 fully saturated rings. The average molecular weight is 291 g/mol. The number of hydrogen-bond donors (Lipinski definition) is 0. The van der Waals surface area contributed by atoms with Crippen molar-refractivity contribution in [2.75, 3.05) is 0 Å². The number of aromatic nitrogens is 1. The van der Waals surface area contributed by atoms with Gasteiger partial charge in [0.05, 0.1) is 5.69 Å². The fraction of sp³-hybridized carbons (Fsp3) is 0.158. The minimum Gasteiger partial charge on any atom is -0.441 e. The number of carbonyl (C=O) groups is 1. The van der Waals surface area contributed by atoms with Gasteiger partial charge in [-0.3, -0.25) is 4.79 Å². The van der Waals surface area contributed by atoms with Crippen LogP contribution in [0.25, 0.3) is 11.5 Å². The standard InChI is InChI=1S/C19H17NO2/c1-14-18(12-11-15-7-9-16(13-21)10-8-15)20-19(22-14)17-5-3-2-4-6-17/h2-10,13H,11-12H2,1H3. The van der Waals surface area contributed by atoms with Gasteiger partial charge in [0.25, 0.3) is 0 Å². The number of nitrogens with zero attached hydrogens (tertiary/aromatic N) is 1. The van der Waals surface area contributed by atoms with E-state index in [4.69, 9.17) is 4.42 Å². The maximum atomic E-state index is 10.7. The van der Waals surface area contributed by atoms with Crippen molar-refractivity contribution in [3.63, 3.8) is 0 Å².